The number of benzene rings is 1. The summed E-state index contributed by atoms with van der Waals surface area (Å²) in [7, 11) is 1.35. The zero-order valence-electron chi connectivity index (χ0n) is 13.4. The summed E-state index contributed by atoms with van der Waals surface area (Å²) in [5.41, 5.74) is -0.624. The molecule has 2 heterocycles. The molecule has 0 bridgehead atoms. The number of methoxy groups -OCH3 is 1. The van der Waals surface area contributed by atoms with Crippen LogP contribution in [-0.2, 0) is 6.18 Å². The van der Waals surface area contributed by atoms with Gasteiger partial charge in [-0.1, -0.05) is 0 Å². The first-order valence-corrected chi connectivity index (χ1v) is 7.33. The first-order chi connectivity index (χ1) is 12.3. The average molecular weight is 364 g/mol. The van der Waals surface area contributed by atoms with Gasteiger partial charge in [0.1, 0.15) is 17.4 Å². The van der Waals surface area contributed by atoms with Crippen molar-refractivity contribution in [2.24, 2.45) is 0 Å². The van der Waals surface area contributed by atoms with Crippen LogP contribution in [0.3, 0.4) is 0 Å². The molecule has 0 aliphatic heterocycles. The van der Waals surface area contributed by atoms with Crippen molar-refractivity contribution in [2.75, 3.05) is 12.4 Å². The van der Waals surface area contributed by atoms with Crippen molar-refractivity contribution in [1.29, 1.82) is 0 Å². The molecule has 3 aromatic rings. The minimum Gasteiger partial charge on any atom is -0.497 e. The van der Waals surface area contributed by atoms with Crippen molar-refractivity contribution in [3.8, 4) is 17.1 Å². The molecule has 0 spiro atoms. The summed E-state index contributed by atoms with van der Waals surface area (Å²) in [5, 5.41) is 2.65. The number of ether oxygens (including phenoxy) is 1. The standard InChI is InChI=1S/C17H12F4N4O/c1-26-13-6-11(18)5-12(7-13)23-15-8-14(17(19,20)21)24-16(25-15)10-3-2-4-22-9-10/h2-9H,1H3,(H,23,24,25). The maximum Gasteiger partial charge on any atom is 0.433 e. The highest BCUT2D eigenvalue weighted by Crippen LogP contribution is 2.32. The average Bonchev–Trinajstić information content (AvgIpc) is 2.61. The fourth-order valence-corrected chi connectivity index (χ4v) is 2.18. The summed E-state index contributed by atoms with van der Waals surface area (Å²) >= 11 is 0. The highest BCUT2D eigenvalue weighted by atomic mass is 19.4. The molecule has 134 valence electrons. The summed E-state index contributed by atoms with van der Waals surface area (Å²) < 4.78 is 58.0. The highest BCUT2D eigenvalue weighted by Gasteiger charge is 2.34. The fourth-order valence-electron chi connectivity index (χ4n) is 2.18. The van der Waals surface area contributed by atoms with E-state index in [0.29, 0.717) is 5.56 Å². The van der Waals surface area contributed by atoms with Crippen LogP contribution in [0.15, 0.2) is 48.8 Å². The summed E-state index contributed by atoms with van der Waals surface area (Å²) in [4.78, 5) is 11.5. The van der Waals surface area contributed by atoms with E-state index in [4.69, 9.17) is 4.74 Å². The Kier molecular flexibility index (Phi) is 4.70. The molecule has 5 nitrogen and oxygen atoms in total. The number of nitrogens with zero attached hydrogens (tertiary/aromatic N) is 3. The molecule has 0 fully saturated rings. The molecule has 1 aromatic carbocycles. The molecular weight excluding hydrogens is 352 g/mol. The largest absolute Gasteiger partial charge is 0.497 e. The van der Waals surface area contributed by atoms with E-state index < -0.39 is 17.7 Å². The van der Waals surface area contributed by atoms with Crippen molar-refractivity contribution in [2.45, 2.75) is 6.18 Å². The van der Waals surface area contributed by atoms with Crippen LogP contribution in [0.1, 0.15) is 5.69 Å². The number of nitrogens with one attached hydrogen (secondary N) is 1. The Morgan fingerprint density at radius 3 is 2.54 bits per heavy atom. The molecule has 0 aliphatic carbocycles. The predicted octanol–water partition coefficient (Wildman–Crippen LogP) is 4.45. The lowest BCUT2D eigenvalue weighted by Gasteiger charge is -2.12. The van der Waals surface area contributed by atoms with Gasteiger partial charge in [-0.3, -0.25) is 4.98 Å². The number of alkyl halides is 3. The monoisotopic (exact) mass is 364 g/mol. The third kappa shape index (κ3) is 4.05. The highest BCUT2D eigenvalue weighted by molar-refractivity contribution is 5.62. The van der Waals surface area contributed by atoms with Gasteiger partial charge in [-0.15, -0.1) is 0 Å². The van der Waals surface area contributed by atoms with Crippen molar-refractivity contribution in [1.82, 2.24) is 15.0 Å². The SMILES string of the molecule is COc1cc(F)cc(Nc2cc(C(F)(F)F)nc(-c3cccnc3)n2)c1. The van der Waals surface area contributed by atoms with Crippen molar-refractivity contribution >= 4 is 11.5 Å². The zero-order valence-corrected chi connectivity index (χ0v) is 13.4. The first kappa shape index (κ1) is 17.6. The summed E-state index contributed by atoms with van der Waals surface area (Å²) in [6, 6.07) is 7.54. The van der Waals surface area contributed by atoms with Crippen molar-refractivity contribution in [3.05, 3.63) is 60.3 Å². The van der Waals surface area contributed by atoms with Crippen LogP contribution in [0.5, 0.6) is 5.75 Å². The second kappa shape index (κ2) is 6.95. The van der Waals surface area contributed by atoms with E-state index in [1.165, 1.54) is 31.6 Å². The molecule has 0 aliphatic rings. The first-order valence-electron chi connectivity index (χ1n) is 7.33. The molecule has 0 amide bonds. The lowest BCUT2D eigenvalue weighted by atomic mass is 10.2. The normalized spacial score (nSPS) is 11.3. The van der Waals surface area contributed by atoms with Gasteiger partial charge in [-0.05, 0) is 18.2 Å². The Morgan fingerprint density at radius 1 is 1.08 bits per heavy atom. The molecule has 1 N–H and O–H groups in total. The van der Waals surface area contributed by atoms with Crippen LogP contribution in [0.4, 0.5) is 29.1 Å². The molecular formula is C17H12F4N4O. The smallest absolute Gasteiger partial charge is 0.433 e. The van der Waals surface area contributed by atoms with Crippen LogP contribution < -0.4 is 10.1 Å². The number of hydrogen-bond donors (Lipinski definition) is 1. The van der Waals surface area contributed by atoms with E-state index in [1.54, 1.807) is 6.07 Å². The third-order valence-corrected chi connectivity index (χ3v) is 3.32. The molecule has 0 unspecified atom stereocenters. The number of anilines is 2. The Hall–Kier alpha value is -3.23. The third-order valence-electron chi connectivity index (χ3n) is 3.32. The number of hydrogen-bond acceptors (Lipinski definition) is 5. The van der Waals surface area contributed by atoms with E-state index in [2.05, 4.69) is 20.3 Å². The number of rotatable bonds is 4. The lowest BCUT2D eigenvalue weighted by Crippen LogP contribution is -2.11. The van der Waals surface area contributed by atoms with Gasteiger partial charge in [0.2, 0.25) is 0 Å². The molecule has 3 rings (SSSR count). The van der Waals surface area contributed by atoms with Gasteiger partial charge in [-0.2, -0.15) is 13.2 Å². The molecule has 2 aromatic heterocycles. The lowest BCUT2D eigenvalue weighted by molar-refractivity contribution is -0.141. The number of pyridine rings is 1. The maximum absolute atomic E-state index is 13.6. The number of aromatic nitrogens is 3. The summed E-state index contributed by atoms with van der Waals surface area (Å²) in [6.45, 7) is 0. The number of halogens is 4. The topological polar surface area (TPSA) is 59.9 Å². The van der Waals surface area contributed by atoms with E-state index in [-0.39, 0.29) is 23.1 Å². The predicted molar refractivity (Wildman–Crippen MR) is 86.5 cm³/mol. The van der Waals surface area contributed by atoms with Crippen LogP contribution in [-0.4, -0.2) is 22.1 Å². The van der Waals surface area contributed by atoms with Gasteiger partial charge in [-0.25, -0.2) is 14.4 Å². The maximum atomic E-state index is 13.6. The van der Waals surface area contributed by atoms with Crippen molar-refractivity contribution in [3.63, 3.8) is 0 Å². The van der Waals surface area contributed by atoms with Gasteiger partial charge in [0.15, 0.2) is 11.5 Å². The molecule has 0 saturated heterocycles. The van der Waals surface area contributed by atoms with Crippen LogP contribution in [0, 0.1) is 5.82 Å². The Balaban J connectivity index is 2.05. The van der Waals surface area contributed by atoms with Gasteiger partial charge in [0, 0.05) is 41.8 Å². The van der Waals surface area contributed by atoms with Gasteiger partial charge >= 0.3 is 6.18 Å². The van der Waals surface area contributed by atoms with Crippen LogP contribution in [0.25, 0.3) is 11.4 Å². The second-order valence-electron chi connectivity index (χ2n) is 5.21. The zero-order chi connectivity index (χ0) is 18.7. The molecule has 26 heavy (non-hydrogen) atoms. The fraction of sp³-hybridized carbons (Fsp3) is 0.118. The van der Waals surface area contributed by atoms with E-state index in [9.17, 15) is 17.6 Å². The molecule has 0 radical (unpaired) electrons. The minimum absolute atomic E-state index is 0.140. The minimum atomic E-state index is -4.67. The van der Waals surface area contributed by atoms with Crippen molar-refractivity contribution < 1.29 is 22.3 Å². The van der Waals surface area contributed by atoms with Crippen LogP contribution in [0.2, 0.25) is 0 Å². The molecule has 9 heteroatoms. The summed E-state index contributed by atoms with van der Waals surface area (Å²) in [6.07, 6.45) is -1.84. The Morgan fingerprint density at radius 2 is 1.88 bits per heavy atom. The summed E-state index contributed by atoms with van der Waals surface area (Å²) in [5.74, 6) is -0.688. The van der Waals surface area contributed by atoms with E-state index >= 15 is 0 Å². The van der Waals surface area contributed by atoms with E-state index in [1.807, 2.05) is 0 Å². The van der Waals surface area contributed by atoms with E-state index in [0.717, 1.165) is 18.2 Å². The molecule has 0 atom stereocenters. The Bertz CT molecular complexity index is 916. The van der Waals surface area contributed by atoms with Crippen LogP contribution >= 0.6 is 0 Å². The Labute approximate surface area is 145 Å². The molecule has 0 saturated carbocycles. The quantitative estimate of drug-likeness (QED) is 0.693. The van der Waals surface area contributed by atoms with Gasteiger partial charge in [0.05, 0.1) is 7.11 Å². The van der Waals surface area contributed by atoms with Gasteiger partial charge in [0.25, 0.3) is 0 Å². The van der Waals surface area contributed by atoms with Gasteiger partial charge < -0.3 is 10.1 Å². The second-order valence-corrected chi connectivity index (χ2v) is 5.21.